The molecule has 0 bridgehead atoms. The standard InChI is InChI=1S/C45H52N2O7/c1-3-14-38(28-43(49)46-40(29-48)27-35-22-24-42(25-23-35)53-31-37-20-12-7-13-21-37)44(50)47-41(32-52-30-36-18-10-6-11-19-36)33-54-45(51)39(15-4-2)26-34-16-8-5-9-17-34/h3-13,16-25,38-41,48H,1-2,14-15,26-33H2,(H,46,49)(H,47,50). The van der Waals surface area contributed by atoms with Crippen LogP contribution < -0.4 is 15.4 Å². The van der Waals surface area contributed by atoms with Crippen LogP contribution in [0.15, 0.2) is 141 Å². The molecule has 0 saturated carbocycles. The van der Waals surface area contributed by atoms with Gasteiger partial charge in [0.15, 0.2) is 0 Å². The van der Waals surface area contributed by atoms with Crippen molar-refractivity contribution in [1.82, 2.24) is 10.6 Å². The van der Waals surface area contributed by atoms with E-state index in [2.05, 4.69) is 23.8 Å². The molecule has 54 heavy (non-hydrogen) atoms. The zero-order valence-corrected chi connectivity index (χ0v) is 30.8. The quantitative estimate of drug-likeness (QED) is 0.0552. The molecule has 4 aromatic rings. The lowest BCUT2D eigenvalue weighted by molar-refractivity contribution is -0.150. The third-order valence-electron chi connectivity index (χ3n) is 8.81. The number of aliphatic hydroxyl groups is 1. The number of hydrogen-bond acceptors (Lipinski definition) is 7. The molecule has 3 N–H and O–H groups in total. The molecule has 0 aliphatic rings. The molecule has 9 nitrogen and oxygen atoms in total. The van der Waals surface area contributed by atoms with Crippen molar-refractivity contribution in [2.75, 3.05) is 19.8 Å². The first-order chi connectivity index (χ1) is 26.4. The van der Waals surface area contributed by atoms with E-state index in [0.29, 0.717) is 38.2 Å². The molecule has 4 aromatic carbocycles. The van der Waals surface area contributed by atoms with Crippen LogP contribution in [0.25, 0.3) is 0 Å². The van der Waals surface area contributed by atoms with Crippen LogP contribution in [0, 0.1) is 11.8 Å². The van der Waals surface area contributed by atoms with Crippen LogP contribution in [0.1, 0.15) is 41.5 Å². The zero-order chi connectivity index (χ0) is 38.4. The van der Waals surface area contributed by atoms with Gasteiger partial charge in [-0.2, -0.15) is 0 Å². The topological polar surface area (TPSA) is 123 Å². The molecule has 0 aliphatic carbocycles. The highest BCUT2D eigenvalue weighted by Crippen LogP contribution is 2.18. The summed E-state index contributed by atoms with van der Waals surface area (Å²) < 4.78 is 17.6. The number of rotatable bonds is 24. The van der Waals surface area contributed by atoms with Crippen LogP contribution in [-0.4, -0.2) is 54.8 Å². The largest absolute Gasteiger partial charge is 0.489 e. The van der Waals surface area contributed by atoms with Crippen molar-refractivity contribution in [2.45, 2.75) is 57.4 Å². The number of allylic oxidation sites excluding steroid dienone is 2. The Morgan fingerprint density at radius 2 is 1.19 bits per heavy atom. The number of benzene rings is 4. The number of nitrogens with one attached hydrogen (secondary N) is 2. The summed E-state index contributed by atoms with van der Waals surface area (Å²) in [6.45, 7) is 8.04. The number of hydrogen-bond donors (Lipinski definition) is 3. The molecule has 4 atom stereocenters. The van der Waals surface area contributed by atoms with Gasteiger partial charge in [-0.05, 0) is 60.1 Å². The second kappa shape index (κ2) is 23.2. The minimum absolute atomic E-state index is 0.0778. The molecule has 0 fully saturated rings. The minimum Gasteiger partial charge on any atom is -0.489 e. The fourth-order valence-corrected chi connectivity index (χ4v) is 5.91. The maximum atomic E-state index is 13.6. The van der Waals surface area contributed by atoms with Crippen molar-refractivity contribution in [3.8, 4) is 5.75 Å². The van der Waals surface area contributed by atoms with Crippen molar-refractivity contribution >= 4 is 17.8 Å². The highest BCUT2D eigenvalue weighted by molar-refractivity contribution is 5.86. The van der Waals surface area contributed by atoms with Crippen molar-refractivity contribution in [2.24, 2.45) is 11.8 Å². The van der Waals surface area contributed by atoms with Crippen molar-refractivity contribution in [1.29, 1.82) is 0 Å². The van der Waals surface area contributed by atoms with Gasteiger partial charge in [-0.3, -0.25) is 14.4 Å². The smallest absolute Gasteiger partial charge is 0.309 e. The van der Waals surface area contributed by atoms with E-state index in [0.717, 1.165) is 22.3 Å². The number of ether oxygens (including phenoxy) is 3. The number of amides is 2. The lowest BCUT2D eigenvalue weighted by Gasteiger charge is -2.24. The molecule has 0 aromatic heterocycles. The average Bonchev–Trinajstić information content (AvgIpc) is 3.20. The average molecular weight is 733 g/mol. The first kappa shape index (κ1) is 41.2. The molecule has 4 rings (SSSR count). The summed E-state index contributed by atoms with van der Waals surface area (Å²) in [6, 6.07) is 35.5. The van der Waals surface area contributed by atoms with Crippen LogP contribution in [0.5, 0.6) is 5.75 Å². The number of aliphatic hydroxyl groups excluding tert-OH is 1. The number of esters is 1. The first-order valence-electron chi connectivity index (χ1n) is 18.4. The lowest BCUT2D eigenvalue weighted by atomic mass is 9.96. The number of carbonyl (C=O) groups excluding carboxylic acids is 3. The molecule has 4 unspecified atom stereocenters. The van der Waals surface area contributed by atoms with Gasteiger partial charge >= 0.3 is 5.97 Å². The highest BCUT2D eigenvalue weighted by atomic mass is 16.5. The Morgan fingerprint density at radius 1 is 0.630 bits per heavy atom. The van der Waals surface area contributed by atoms with Crippen molar-refractivity contribution < 1.29 is 33.7 Å². The van der Waals surface area contributed by atoms with E-state index < -0.39 is 35.8 Å². The van der Waals surface area contributed by atoms with E-state index in [1.54, 1.807) is 12.2 Å². The van der Waals surface area contributed by atoms with Gasteiger partial charge in [0.2, 0.25) is 11.8 Å². The van der Waals surface area contributed by atoms with E-state index >= 15 is 0 Å². The van der Waals surface area contributed by atoms with Gasteiger partial charge in [0.25, 0.3) is 0 Å². The van der Waals surface area contributed by atoms with E-state index in [1.165, 1.54) is 0 Å². The fraction of sp³-hybridized carbons (Fsp3) is 0.311. The van der Waals surface area contributed by atoms with Crippen LogP contribution >= 0.6 is 0 Å². The monoisotopic (exact) mass is 732 g/mol. The Kier molecular flexibility index (Phi) is 17.7. The summed E-state index contributed by atoms with van der Waals surface area (Å²) in [5, 5.41) is 15.9. The van der Waals surface area contributed by atoms with Crippen LogP contribution in [0.3, 0.4) is 0 Å². The zero-order valence-electron chi connectivity index (χ0n) is 30.8. The third-order valence-corrected chi connectivity index (χ3v) is 8.81. The Balaban J connectivity index is 1.33. The molecule has 2 amide bonds. The fourth-order valence-electron chi connectivity index (χ4n) is 5.91. The van der Waals surface area contributed by atoms with Gasteiger partial charge in [0.05, 0.1) is 43.7 Å². The van der Waals surface area contributed by atoms with Gasteiger partial charge in [0, 0.05) is 6.42 Å². The molecular formula is C45H52N2O7. The highest BCUT2D eigenvalue weighted by Gasteiger charge is 2.27. The van der Waals surface area contributed by atoms with E-state index in [9.17, 15) is 19.5 Å². The SMILES string of the molecule is C=CCC(CC(=O)NC(CO)Cc1ccc(OCc2ccccc2)cc1)C(=O)NC(COCc1ccccc1)COC(=O)C(CC=C)Cc1ccccc1. The second-order valence-electron chi connectivity index (χ2n) is 13.2. The van der Waals surface area contributed by atoms with Crippen molar-refractivity contribution in [3.05, 3.63) is 163 Å². The van der Waals surface area contributed by atoms with Crippen molar-refractivity contribution in [3.63, 3.8) is 0 Å². The van der Waals surface area contributed by atoms with E-state index in [1.807, 2.05) is 115 Å². The lowest BCUT2D eigenvalue weighted by Crippen LogP contribution is -2.46. The van der Waals surface area contributed by atoms with Crippen LogP contribution in [0.2, 0.25) is 0 Å². The summed E-state index contributed by atoms with van der Waals surface area (Å²) in [7, 11) is 0. The Bertz CT molecular complexity index is 1720. The minimum atomic E-state index is -0.748. The molecule has 0 heterocycles. The summed E-state index contributed by atoms with van der Waals surface area (Å²) in [4.78, 5) is 40.1. The molecule has 284 valence electrons. The molecular weight excluding hydrogens is 681 g/mol. The molecule has 0 aliphatic heterocycles. The Labute approximate surface area is 319 Å². The summed E-state index contributed by atoms with van der Waals surface area (Å²) >= 11 is 0. The van der Waals surface area contributed by atoms with Gasteiger partial charge in [0.1, 0.15) is 19.0 Å². The van der Waals surface area contributed by atoms with Gasteiger partial charge < -0.3 is 30.0 Å². The maximum absolute atomic E-state index is 13.6. The Morgan fingerprint density at radius 3 is 1.78 bits per heavy atom. The molecule has 9 heteroatoms. The van der Waals surface area contributed by atoms with Gasteiger partial charge in [-0.1, -0.05) is 115 Å². The van der Waals surface area contributed by atoms with Crippen LogP contribution in [-0.2, 0) is 49.9 Å². The molecule has 0 spiro atoms. The summed E-state index contributed by atoms with van der Waals surface area (Å²) in [6.07, 6.45) is 4.72. The maximum Gasteiger partial charge on any atom is 0.309 e. The molecule has 0 radical (unpaired) electrons. The predicted molar refractivity (Wildman–Crippen MR) is 210 cm³/mol. The Hall–Kier alpha value is -5.51. The predicted octanol–water partition coefficient (Wildman–Crippen LogP) is 6.55. The summed E-state index contributed by atoms with van der Waals surface area (Å²) in [5.74, 6) is -1.64. The number of carbonyl (C=O) groups is 3. The van der Waals surface area contributed by atoms with E-state index in [-0.39, 0.29) is 38.6 Å². The third kappa shape index (κ3) is 14.8. The van der Waals surface area contributed by atoms with Gasteiger partial charge in [-0.25, -0.2) is 0 Å². The first-order valence-corrected chi connectivity index (χ1v) is 18.4. The van der Waals surface area contributed by atoms with Crippen LogP contribution in [0.4, 0.5) is 0 Å². The van der Waals surface area contributed by atoms with Gasteiger partial charge in [-0.15, -0.1) is 13.2 Å². The molecule has 0 saturated heterocycles. The second-order valence-corrected chi connectivity index (χ2v) is 13.2. The normalized spacial score (nSPS) is 13.1. The van der Waals surface area contributed by atoms with E-state index in [4.69, 9.17) is 14.2 Å². The summed E-state index contributed by atoms with van der Waals surface area (Å²) in [5.41, 5.74) is 3.94.